The summed E-state index contributed by atoms with van der Waals surface area (Å²) < 4.78 is 32.0. The first-order valence-electron chi connectivity index (χ1n) is 8.45. The zero-order valence-corrected chi connectivity index (χ0v) is 15.0. The van der Waals surface area contributed by atoms with Gasteiger partial charge in [-0.05, 0) is 55.6 Å². The van der Waals surface area contributed by atoms with Crippen molar-refractivity contribution in [3.63, 3.8) is 0 Å². The highest BCUT2D eigenvalue weighted by Gasteiger charge is 2.34. The lowest BCUT2D eigenvalue weighted by molar-refractivity contribution is -0.136. The highest BCUT2D eigenvalue weighted by molar-refractivity contribution is 7.99. The predicted octanol–water partition coefficient (Wildman–Crippen LogP) is 5.22. The van der Waals surface area contributed by atoms with Gasteiger partial charge in [0, 0.05) is 4.90 Å². The molecule has 2 nitrogen and oxygen atoms in total. The maximum atomic E-state index is 13.4. The normalized spacial score (nSPS) is 24.2. The summed E-state index contributed by atoms with van der Waals surface area (Å²) in [6.07, 6.45) is 0.128. The summed E-state index contributed by atoms with van der Waals surface area (Å²) in [5.74, 6) is 0.324. The Morgan fingerprint density at radius 3 is 2.38 bits per heavy atom. The topological polar surface area (TPSA) is 26.3 Å². The molecule has 0 spiro atoms. The van der Waals surface area contributed by atoms with E-state index in [9.17, 15) is 13.6 Å². The van der Waals surface area contributed by atoms with Gasteiger partial charge in [-0.25, -0.2) is 13.6 Å². The highest BCUT2D eigenvalue weighted by Crippen LogP contribution is 2.34. The number of ether oxygens (including phenoxy) is 1. The van der Waals surface area contributed by atoms with Crippen molar-refractivity contribution in [2.45, 2.75) is 50.3 Å². The second-order valence-corrected chi connectivity index (χ2v) is 7.11. The van der Waals surface area contributed by atoms with E-state index in [1.54, 1.807) is 24.8 Å². The van der Waals surface area contributed by atoms with E-state index in [1.807, 2.05) is 24.3 Å². The van der Waals surface area contributed by atoms with Gasteiger partial charge in [-0.3, -0.25) is 0 Å². The molecule has 0 heterocycles. The van der Waals surface area contributed by atoms with Crippen molar-refractivity contribution in [2.75, 3.05) is 12.4 Å². The Balaban J connectivity index is 2.21. The number of carbonyl (C=O) groups is 1. The van der Waals surface area contributed by atoms with Crippen molar-refractivity contribution in [2.24, 2.45) is 5.92 Å². The molecule has 1 aromatic rings. The van der Waals surface area contributed by atoms with E-state index in [2.05, 4.69) is 6.92 Å². The third kappa shape index (κ3) is 5.07. The van der Waals surface area contributed by atoms with E-state index in [0.717, 1.165) is 22.6 Å². The summed E-state index contributed by atoms with van der Waals surface area (Å²) in [5.41, 5.74) is 1.13. The van der Waals surface area contributed by atoms with Gasteiger partial charge in [0.25, 0.3) is 0 Å². The second kappa shape index (κ2) is 9.21. The standard InChI is InChI=1S/C19H24F2O2S/c1-3-9-24-15-7-5-14(6-8-15)16(19(22)23-4-2)10-13-11-17(20)18(21)12-13/h5-8,10,13,17-18H,3-4,9,11-12H2,1-2H3/b16-10+/t13-,17+,18-. The minimum atomic E-state index is -1.44. The molecule has 1 aromatic carbocycles. The van der Waals surface area contributed by atoms with Crippen LogP contribution in [-0.4, -0.2) is 30.7 Å². The lowest BCUT2D eigenvalue weighted by Crippen LogP contribution is -2.08. The van der Waals surface area contributed by atoms with Gasteiger partial charge in [0.15, 0.2) is 0 Å². The maximum Gasteiger partial charge on any atom is 0.338 e. The first-order valence-corrected chi connectivity index (χ1v) is 9.44. The Labute approximate surface area is 146 Å². The lowest BCUT2D eigenvalue weighted by atomic mass is 9.98. The molecule has 3 atom stereocenters. The molecule has 132 valence electrons. The van der Waals surface area contributed by atoms with Gasteiger partial charge < -0.3 is 4.74 Å². The Bertz CT molecular complexity index is 561. The number of benzene rings is 1. The molecule has 0 radical (unpaired) electrons. The Morgan fingerprint density at radius 1 is 1.21 bits per heavy atom. The first-order chi connectivity index (χ1) is 11.5. The molecular weight excluding hydrogens is 330 g/mol. The molecule has 0 N–H and O–H groups in total. The highest BCUT2D eigenvalue weighted by atomic mass is 32.2. The van der Waals surface area contributed by atoms with Crippen LogP contribution in [-0.2, 0) is 9.53 Å². The van der Waals surface area contributed by atoms with Crippen molar-refractivity contribution in [1.29, 1.82) is 0 Å². The number of halogens is 2. The first kappa shape index (κ1) is 19.0. The van der Waals surface area contributed by atoms with Crippen LogP contribution in [0.5, 0.6) is 0 Å². The van der Waals surface area contributed by atoms with E-state index in [-0.39, 0.29) is 25.4 Å². The van der Waals surface area contributed by atoms with Crippen molar-refractivity contribution in [1.82, 2.24) is 0 Å². The Morgan fingerprint density at radius 2 is 1.83 bits per heavy atom. The number of carbonyl (C=O) groups excluding carboxylic acids is 1. The fourth-order valence-electron chi connectivity index (χ4n) is 2.78. The minimum Gasteiger partial charge on any atom is -0.462 e. The van der Waals surface area contributed by atoms with Gasteiger partial charge in [-0.2, -0.15) is 0 Å². The van der Waals surface area contributed by atoms with Crippen LogP contribution in [0.25, 0.3) is 5.57 Å². The lowest BCUT2D eigenvalue weighted by Gasteiger charge is -2.11. The number of hydrogen-bond acceptors (Lipinski definition) is 3. The number of esters is 1. The molecule has 1 fully saturated rings. The molecule has 0 saturated heterocycles. The van der Waals surface area contributed by atoms with E-state index in [4.69, 9.17) is 4.74 Å². The van der Waals surface area contributed by atoms with Gasteiger partial charge >= 0.3 is 5.97 Å². The zero-order chi connectivity index (χ0) is 17.5. The molecule has 0 unspecified atom stereocenters. The average Bonchev–Trinajstić information content (AvgIpc) is 2.89. The fourth-order valence-corrected chi connectivity index (χ4v) is 3.55. The predicted molar refractivity (Wildman–Crippen MR) is 94.6 cm³/mol. The van der Waals surface area contributed by atoms with Crippen LogP contribution < -0.4 is 0 Å². The van der Waals surface area contributed by atoms with Gasteiger partial charge in [-0.15, -0.1) is 11.8 Å². The van der Waals surface area contributed by atoms with Crippen molar-refractivity contribution in [3.8, 4) is 0 Å². The molecule has 1 saturated carbocycles. The van der Waals surface area contributed by atoms with Gasteiger partial charge in [0.2, 0.25) is 0 Å². The fraction of sp³-hybridized carbons (Fsp3) is 0.526. The number of thioether (sulfide) groups is 1. The molecule has 5 heteroatoms. The molecule has 0 bridgehead atoms. The molecular formula is C19H24F2O2S. The summed E-state index contributed by atoms with van der Waals surface area (Å²) >= 11 is 1.76. The third-order valence-electron chi connectivity index (χ3n) is 3.98. The van der Waals surface area contributed by atoms with E-state index in [1.165, 1.54) is 0 Å². The summed E-state index contributed by atoms with van der Waals surface area (Å²) in [7, 11) is 0. The zero-order valence-electron chi connectivity index (χ0n) is 14.1. The van der Waals surface area contributed by atoms with Crippen LogP contribution >= 0.6 is 11.8 Å². The number of alkyl halides is 2. The maximum absolute atomic E-state index is 13.4. The number of hydrogen-bond donors (Lipinski definition) is 0. The molecule has 0 amide bonds. The second-order valence-electron chi connectivity index (χ2n) is 5.94. The van der Waals surface area contributed by atoms with Crippen LogP contribution in [0.3, 0.4) is 0 Å². The minimum absolute atomic E-state index is 0.120. The molecule has 24 heavy (non-hydrogen) atoms. The van der Waals surface area contributed by atoms with Crippen LogP contribution in [0.1, 0.15) is 38.7 Å². The number of rotatable bonds is 7. The Kier molecular flexibility index (Phi) is 7.28. The smallest absolute Gasteiger partial charge is 0.338 e. The van der Waals surface area contributed by atoms with Crippen molar-refractivity contribution >= 4 is 23.3 Å². The third-order valence-corrected chi connectivity index (χ3v) is 5.20. The van der Waals surface area contributed by atoms with Crippen molar-refractivity contribution in [3.05, 3.63) is 35.9 Å². The summed E-state index contributed by atoms with van der Waals surface area (Å²) in [6, 6.07) is 7.67. The van der Waals surface area contributed by atoms with Crippen molar-refractivity contribution < 1.29 is 18.3 Å². The largest absolute Gasteiger partial charge is 0.462 e. The molecule has 0 aliphatic heterocycles. The quantitative estimate of drug-likeness (QED) is 0.381. The van der Waals surface area contributed by atoms with Crippen LogP contribution in [0.4, 0.5) is 8.78 Å². The van der Waals surface area contributed by atoms with Crippen LogP contribution in [0, 0.1) is 5.92 Å². The van der Waals surface area contributed by atoms with E-state index >= 15 is 0 Å². The molecule has 0 aromatic heterocycles. The van der Waals surface area contributed by atoms with E-state index < -0.39 is 18.3 Å². The van der Waals surface area contributed by atoms with E-state index in [0.29, 0.717) is 5.57 Å². The van der Waals surface area contributed by atoms with Crippen LogP contribution in [0.15, 0.2) is 35.2 Å². The molecule has 1 aliphatic rings. The average molecular weight is 354 g/mol. The summed E-state index contributed by atoms with van der Waals surface area (Å²) in [5, 5.41) is 0. The molecule has 1 aliphatic carbocycles. The SMILES string of the molecule is CCCSc1ccc(/C(=C\[C@H]2C[C@@H](F)[C@@H](F)C2)C(=O)OCC)cc1. The van der Waals surface area contributed by atoms with Crippen LogP contribution in [0.2, 0.25) is 0 Å². The van der Waals surface area contributed by atoms with Gasteiger partial charge in [0.1, 0.15) is 12.3 Å². The summed E-state index contributed by atoms with van der Waals surface area (Å²) in [6.45, 7) is 4.13. The summed E-state index contributed by atoms with van der Waals surface area (Å²) in [4.78, 5) is 13.4. The Hall–Kier alpha value is -1.36. The van der Waals surface area contributed by atoms with Gasteiger partial charge in [-0.1, -0.05) is 25.1 Å². The number of allylic oxidation sites excluding steroid dienone is 1. The van der Waals surface area contributed by atoms with Gasteiger partial charge in [0.05, 0.1) is 12.2 Å². The molecule has 2 rings (SSSR count). The monoisotopic (exact) mass is 354 g/mol.